The Bertz CT molecular complexity index is 448. The SMILES string of the molecule is CCCNC1CC2(CCC(C)CC2)Oc2ccccc21. The molecule has 1 atom stereocenters. The third-order valence-electron chi connectivity index (χ3n) is 5.02. The van der Waals surface area contributed by atoms with Crippen molar-refractivity contribution in [2.75, 3.05) is 6.54 Å². The van der Waals surface area contributed by atoms with Crippen LogP contribution in [0.2, 0.25) is 0 Å². The largest absolute Gasteiger partial charge is 0.487 e. The summed E-state index contributed by atoms with van der Waals surface area (Å²) in [6.45, 7) is 5.69. The molecule has 3 rings (SSSR count). The van der Waals surface area contributed by atoms with Crippen molar-refractivity contribution in [3.8, 4) is 5.75 Å². The van der Waals surface area contributed by atoms with Crippen LogP contribution < -0.4 is 10.1 Å². The molecule has 2 aliphatic rings. The zero-order chi connectivity index (χ0) is 14.0. The molecule has 0 bridgehead atoms. The number of benzene rings is 1. The Labute approximate surface area is 122 Å². The molecule has 0 radical (unpaired) electrons. The fourth-order valence-electron chi connectivity index (χ4n) is 3.71. The normalized spacial score (nSPS) is 32.7. The lowest BCUT2D eigenvalue weighted by molar-refractivity contribution is -0.0127. The van der Waals surface area contributed by atoms with Gasteiger partial charge in [-0.25, -0.2) is 0 Å². The van der Waals surface area contributed by atoms with Crippen LogP contribution in [-0.4, -0.2) is 12.1 Å². The number of ether oxygens (including phenoxy) is 1. The maximum atomic E-state index is 6.48. The molecule has 1 spiro atoms. The molecule has 0 amide bonds. The van der Waals surface area contributed by atoms with Crippen LogP contribution in [0, 0.1) is 5.92 Å². The number of fused-ring (bicyclic) bond motifs is 1. The van der Waals surface area contributed by atoms with E-state index in [0.29, 0.717) is 6.04 Å². The van der Waals surface area contributed by atoms with Crippen molar-refractivity contribution < 1.29 is 4.74 Å². The lowest BCUT2D eigenvalue weighted by Gasteiger charge is -2.46. The van der Waals surface area contributed by atoms with Crippen molar-refractivity contribution in [1.29, 1.82) is 0 Å². The van der Waals surface area contributed by atoms with Gasteiger partial charge in [-0.3, -0.25) is 0 Å². The standard InChI is InChI=1S/C18H27NO/c1-3-12-19-16-13-18(10-8-14(2)9-11-18)20-17-7-5-4-6-15(16)17/h4-7,14,16,19H,3,8-13H2,1-2H3. The molecule has 1 heterocycles. The van der Waals surface area contributed by atoms with Crippen LogP contribution >= 0.6 is 0 Å². The summed E-state index contributed by atoms with van der Waals surface area (Å²) in [5, 5.41) is 3.73. The summed E-state index contributed by atoms with van der Waals surface area (Å²) in [5.41, 5.74) is 1.44. The Morgan fingerprint density at radius 2 is 2.00 bits per heavy atom. The summed E-state index contributed by atoms with van der Waals surface area (Å²) in [5.74, 6) is 1.98. The van der Waals surface area contributed by atoms with Crippen molar-refractivity contribution in [2.45, 2.75) is 64.0 Å². The highest BCUT2D eigenvalue weighted by Gasteiger charge is 2.42. The maximum absolute atomic E-state index is 6.48. The molecule has 1 aliphatic carbocycles. The quantitative estimate of drug-likeness (QED) is 0.878. The average molecular weight is 273 g/mol. The minimum atomic E-state index is 0.0896. The minimum Gasteiger partial charge on any atom is -0.487 e. The molecule has 1 aromatic carbocycles. The average Bonchev–Trinajstić information content (AvgIpc) is 2.48. The van der Waals surface area contributed by atoms with Crippen LogP contribution in [0.1, 0.15) is 64.0 Å². The van der Waals surface area contributed by atoms with E-state index in [-0.39, 0.29) is 5.60 Å². The van der Waals surface area contributed by atoms with Crippen molar-refractivity contribution in [1.82, 2.24) is 5.32 Å². The van der Waals surface area contributed by atoms with Crippen molar-refractivity contribution in [3.05, 3.63) is 29.8 Å². The lowest BCUT2D eigenvalue weighted by Crippen LogP contribution is -2.46. The van der Waals surface area contributed by atoms with E-state index >= 15 is 0 Å². The number of nitrogens with one attached hydrogen (secondary N) is 1. The van der Waals surface area contributed by atoms with Gasteiger partial charge < -0.3 is 10.1 Å². The van der Waals surface area contributed by atoms with Crippen LogP contribution in [0.3, 0.4) is 0 Å². The van der Waals surface area contributed by atoms with Crippen LogP contribution in [0.15, 0.2) is 24.3 Å². The van der Waals surface area contributed by atoms with E-state index in [1.807, 2.05) is 0 Å². The Morgan fingerprint density at radius 3 is 2.75 bits per heavy atom. The van der Waals surface area contributed by atoms with Gasteiger partial charge in [-0.15, -0.1) is 0 Å². The van der Waals surface area contributed by atoms with E-state index < -0.39 is 0 Å². The Kier molecular flexibility index (Phi) is 4.02. The van der Waals surface area contributed by atoms with E-state index in [9.17, 15) is 0 Å². The molecule has 1 aliphatic heterocycles. The fourth-order valence-corrected chi connectivity index (χ4v) is 3.71. The molecule has 1 aromatic rings. The third-order valence-corrected chi connectivity index (χ3v) is 5.02. The second-order valence-electron chi connectivity index (χ2n) is 6.72. The predicted molar refractivity (Wildman–Crippen MR) is 83.1 cm³/mol. The number of hydrogen-bond donors (Lipinski definition) is 1. The van der Waals surface area contributed by atoms with Gasteiger partial charge in [-0.2, -0.15) is 0 Å². The van der Waals surface area contributed by atoms with Crippen LogP contribution in [0.25, 0.3) is 0 Å². The predicted octanol–water partition coefficient (Wildman–Crippen LogP) is 4.46. The topological polar surface area (TPSA) is 21.3 Å². The maximum Gasteiger partial charge on any atom is 0.124 e. The van der Waals surface area contributed by atoms with Crippen molar-refractivity contribution in [2.24, 2.45) is 5.92 Å². The molecule has 1 unspecified atom stereocenters. The molecule has 20 heavy (non-hydrogen) atoms. The van der Waals surface area contributed by atoms with E-state index in [1.54, 1.807) is 0 Å². The summed E-state index contributed by atoms with van der Waals surface area (Å²) >= 11 is 0. The molecule has 2 heteroatoms. The number of hydrogen-bond acceptors (Lipinski definition) is 2. The summed E-state index contributed by atoms with van der Waals surface area (Å²) in [6, 6.07) is 9.06. The first-order valence-corrected chi connectivity index (χ1v) is 8.24. The number of para-hydroxylation sites is 1. The van der Waals surface area contributed by atoms with Gasteiger partial charge in [-0.1, -0.05) is 32.0 Å². The molecule has 1 fully saturated rings. The van der Waals surface area contributed by atoms with E-state index in [2.05, 4.69) is 43.4 Å². The molecule has 0 aromatic heterocycles. The first-order valence-electron chi connectivity index (χ1n) is 8.24. The van der Waals surface area contributed by atoms with E-state index in [1.165, 1.54) is 37.7 Å². The molecule has 1 N–H and O–H groups in total. The molecule has 0 saturated heterocycles. The van der Waals surface area contributed by atoms with Gasteiger partial charge in [0.1, 0.15) is 11.4 Å². The van der Waals surface area contributed by atoms with Gasteiger partial charge in [0.2, 0.25) is 0 Å². The summed E-state index contributed by atoms with van der Waals surface area (Å²) < 4.78 is 6.48. The van der Waals surface area contributed by atoms with E-state index in [4.69, 9.17) is 4.74 Å². The van der Waals surface area contributed by atoms with Gasteiger partial charge in [0.25, 0.3) is 0 Å². The van der Waals surface area contributed by atoms with Gasteiger partial charge >= 0.3 is 0 Å². The highest BCUT2D eigenvalue weighted by Crippen LogP contribution is 2.46. The first kappa shape index (κ1) is 13.9. The third kappa shape index (κ3) is 2.71. The highest BCUT2D eigenvalue weighted by molar-refractivity contribution is 5.39. The number of rotatable bonds is 3. The fraction of sp³-hybridized carbons (Fsp3) is 0.667. The van der Waals surface area contributed by atoms with Crippen LogP contribution in [0.5, 0.6) is 5.75 Å². The minimum absolute atomic E-state index is 0.0896. The van der Waals surface area contributed by atoms with Gasteiger partial charge in [0, 0.05) is 18.0 Å². The molecule has 110 valence electrons. The van der Waals surface area contributed by atoms with Crippen LogP contribution in [-0.2, 0) is 0 Å². The van der Waals surface area contributed by atoms with Crippen LogP contribution in [0.4, 0.5) is 0 Å². The summed E-state index contributed by atoms with van der Waals surface area (Å²) in [4.78, 5) is 0. The van der Waals surface area contributed by atoms with Gasteiger partial charge in [-0.05, 0) is 50.6 Å². The van der Waals surface area contributed by atoms with Gasteiger partial charge in [0.05, 0.1) is 0 Å². The van der Waals surface area contributed by atoms with Crippen molar-refractivity contribution in [3.63, 3.8) is 0 Å². The zero-order valence-corrected chi connectivity index (χ0v) is 12.8. The molecule has 1 saturated carbocycles. The first-order chi connectivity index (χ1) is 9.72. The molecule has 2 nitrogen and oxygen atoms in total. The Balaban J connectivity index is 1.84. The molecular weight excluding hydrogens is 246 g/mol. The second-order valence-corrected chi connectivity index (χ2v) is 6.72. The van der Waals surface area contributed by atoms with E-state index in [0.717, 1.165) is 24.6 Å². The Hall–Kier alpha value is -1.02. The summed E-state index contributed by atoms with van der Waals surface area (Å²) in [7, 11) is 0. The lowest BCUT2D eigenvalue weighted by atomic mass is 9.74. The second kappa shape index (κ2) is 5.77. The van der Waals surface area contributed by atoms with Gasteiger partial charge in [0.15, 0.2) is 0 Å². The monoisotopic (exact) mass is 273 g/mol. The zero-order valence-electron chi connectivity index (χ0n) is 12.8. The summed E-state index contributed by atoms with van der Waals surface area (Å²) in [6.07, 6.45) is 7.37. The highest BCUT2D eigenvalue weighted by atomic mass is 16.5. The smallest absolute Gasteiger partial charge is 0.124 e. The van der Waals surface area contributed by atoms with Crippen molar-refractivity contribution >= 4 is 0 Å². The Morgan fingerprint density at radius 1 is 1.25 bits per heavy atom. The molecular formula is C18H27NO.